The van der Waals surface area contributed by atoms with E-state index >= 15 is 0 Å². The molecule has 2 saturated carbocycles. The molecule has 1 unspecified atom stereocenters. The molecule has 4 nitrogen and oxygen atoms in total. The van der Waals surface area contributed by atoms with Crippen LogP contribution in [0, 0.1) is 11.8 Å². The average Bonchev–Trinajstić information content (AvgIpc) is 2.39. The van der Waals surface area contributed by atoms with E-state index in [9.17, 15) is 8.42 Å². The molecule has 3 N–H and O–H groups in total. The van der Waals surface area contributed by atoms with E-state index in [0.29, 0.717) is 11.8 Å². The minimum absolute atomic E-state index is 0.166. The normalized spacial score (nSPS) is 42.1. The van der Waals surface area contributed by atoms with Crippen LogP contribution in [0.1, 0.15) is 19.3 Å². The lowest BCUT2D eigenvalue weighted by molar-refractivity contribution is 0.565. The highest BCUT2D eigenvalue weighted by molar-refractivity contribution is 7.87. The summed E-state index contributed by atoms with van der Waals surface area (Å²) in [6, 6.07) is 0.166. The van der Waals surface area contributed by atoms with Gasteiger partial charge in [0.25, 0.3) is 10.2 Å². The van der Waals surface area contributed by atoms with E-state index in [1.165, 1.54) is 6.42 Å². The molecular formula is C6H12N2O2S. The maximum absolute atomic E-state index is 10.6. The second-order valence-electron chi connectivity index (χ2n) is 3.45. The van der Waals surface area contributed by atoms with Crippen LogP contribution in [0.25, 0.3) is 0 Å². The first-order chi connectivity index (χ1) is 5.08. The zero-order valence-corrected chi connectivity index (χ0v) is 6.97. The first-order valence-electron chi connectivity index (χ1n) is 3.88. The Morgan fingerprint density at radius 1 is 1.27 bits per heavy atom. The van der Waals surface area contributed by atoms with Gasteiger partial charge < -0.3 is 0 Å². The fourth-order valence-electron chi connectivity index (χ4n) is 2.19. The van der Waals surface area contributed by atoms with Gasteiger partial charge in [-0.3, -0.25) is 0 Å². The zero-order chi connectivity index (χ0) is 8.06. The Kier molecular flexibility index (Phi) is 1.49. The van der Waals surface area contributed by atoms with Crippen LogP contribution in [0.2, 0.25) is 0 Å². The molecule has 0 aromatic heterocycles. The predicted molar refractivity (Wildman–Crippen MR) is 40.9 cm³/mol. The van der Waals surface area contributed by atoms with Gasteiger partial charge in [-0.25, -0.2) is 5.14 Å². The highest BCUT2D eigenvalue weighted by atomic mass is 32.2. The van der Waals surface area contributed by atoms with Crippen molar-refractivity contribution < 1.29 is 8.42 Å². The fourth-order valence-corrected chi connectivity index (χ4v) is 2.91. The maximum atomic E-state index is 10.6. The Morgan fingerprint density at radius 3 is 2.27 bits per heavy atom. The van der Waals surface area contributed by atoms with Crippen LogP contribution >= 0.6 is 0 Å². The summed E-state index contributed by atoms with van der Waals surface area (Å²) in [4.78, 5) is 0. The topological polar surface area (TPSA) is 72.2 Å². The van der Waals surface area contributed by atoms with E-state index in [2.05, 4.69) is 4.72 Å². The van der Waals surface area contributed by atoms with Gasteiger partial charge in [0.1, 0.15) is 0 Å². The van der Waals surface area contributed by atoms with Gasteiger partial charge in [-0.05, 0) is 24.7 Å². The van der Waals surface area contributed by atoms with E-state index in [4.69, 9.17) is 5.14 Å². The molecule has 3 atom stereocenters. The summed E-state index contributed by atoms with van der Waals surface area (Å²) < 4.78 is 23.6. The quantitative estimate of drug-likeness (QED) is 0.599. The fraction of sp³-hybridized carbons (Fsp3) is 1.00. The van der Waals surface area contributed by atoms with Crippen molar-refractivity contribution in [1.82, 2.24) is 4.72 Å². The summed E-state index contributed by atoms with van der Waals surface area (Å²) in [7, 11) is -3.45. The molecule has 0 aromatic rings. The minimum atomic E-state index is -3.45. The van der Waals surface area contributed by atoms with Gasteiger partial charge in [0.2, 0.25) is 0 Å². The van der Waals surface area contributed by atoms with E-state index in [1.54, 1.807) is 0 Å². The number of nitrogens with one attached hydrogen (secondary N) is 1. The SMILES string of the molecule is NS(=O)(=O)NC1[C@H]2CCC[C@@H]12. The summed E-state index contributed by atoms with van der Waals surface area (Å²) in [5.41, 5.74) is 0. The van der Waals surface area contributed by atoms with Crippen molar-refractivity contribution >= 4 is 10.2 Å². The lowest BCUT2D eigenvalue weighted by Gasteiger charge is -2.02. The predicted octanol–water partition coefficient (Wildman–Crippen LogP) is -0.422. The van der Waals surface area contributed by atoms with Gasteiger partial charge in [0, 0.05) is 6.04 Å². The Morgan fingerprint density at radius 2 is 1.82 bits per heavy atom. The molecule has 11 heavy (non-hydrogen) atoms. The van der Waals surface area contributed by atoms with Crippen LogP contribution < -0.4 is 9.86 Å². The molecule has 0 heterocycles. The number of hydrogen-bond acceptors (Lipinski definition) is 2. The van der Waals surface area contributed by atoms with Gasteiger partial charge in [-0.1, -0.05) is 6.42 Å². The largest absolute Gasteiger partial charge is 0.274 e. The van der Waals surface area contributed by atoms with Crippen molar-refractivity contribution in [2.24, 2.45) is 17.0 Å². The molecule has 0 radical (unpaired) electrons. The summed E-state index contributed by atoms with van der Waals surface area (Å²) in [5, 5.41) is 4.84. The molecule has 0 amide bonds. The molecule has 2 aliphatic carbocycles. The highest BCUT2D eigenvalue weighted by Gasteiger charge is 2.53. The van der Waals surface area contributed by atoms with Crippen molar-refractivity contribution in [3.63, 3.8) is 0 Å². The zero-order valence-electron chi connectivity index (χ0n) is 6.16. The van der Waals surface area contributed by atoms with Crippen LogP contribution in [0.5, 0.6) is 0 Å². The lowest BCUT2D eigenvalue weighted by Crippen LogP contribution is -2.34. The summed E-state index contributed by atoms with van der Waals surface area (Å²) in [6.45, 7) is 0. The number of fused-ring (bicyclic) bond motifs is 1. The average molecular weight is 176 g/mol. The molecule has 0 bridgehead atoms. The Bertz CT molecular complexity index is 252. The van der Waals surface area contributed by atoms with Crippen LogP contribution in [-0.2, 0) is 10.2 Å². The smallest absolute Gasteiger partial charge is 0.216 e. The van der Waals surface area contributed by atoms with Crippen molar-refractivity contribution in [3.05, 3.63) is 0 Å². The summed E-state index contributed by atoms with van der Waals surface area (Å²) in [5.74, 6) is 1.18. The van der Waals surface area contributed by atoms with E-state index in [1.807, 2.05) is 0 Å². The first kappa shape index (κ1) is 7.52. The Hall–Kier alpha value is -0.130. The second-order valence-corrected chi connectivity index (χ2v) is 4.77. The van der Waals surface area contributed by atoms with Crippen molar-refractivity contribution in [2.75, 3.05) is 0 Å². The minimum Gasteiger partial charge on any atom is -0.216 e. The molecule has 64 valence electrons. The van der Waals surface area contributed by atoms with Crippen molar-refractivity contribution in [2.45, 2.75) is 25.3 Å². The lowest BCUT2D eigenvalue weighted by atomic mass is 10.2. The molecule has 0 aliphatic heterocycles. The van der Waals surface area contributed by atoms with Crippen LogP contribution in [0.3, 0.4) is 0 Å². The molecular weight excluding hydrogens is 164 g/mol. The Labute approximate surface area is 66.3 Å². The molecule has 2 aliphatic rings. The van der Waals surface area contributed by atoms with Gasteiger partial charge in [-0.15, -0.1) is 0 Å². The summed E-state index contributed by atoms with van der Waals surface area (Å²) >= 11 is 0. The van der Waals surface area contributed by atoms with Gasteiger partial charge in [0.05, 0.1) is 0 Å². The first-order valence-corrected chi connectivity index (χ1v) is 5.42. The second kappa shape index (κ2) is 2.18. The van der Waals surface area contributed by atoms with E-state index < -0.39 is 10.2 Å². The van der Waals surface area contributed by atoms with Crippen LogP contribution in [-0.4, -0.2) is 14.5 Å². The third kappa shape index (κ3) is 1.40. The molecule has 5 heteroatoms. The number of nitrogens with two attached hydrogens (primary N) is 1. The van der Waals surface area contributed by atoms with Crippen molar-refractivity contribution in [3.8, 4) is 0 Å². The molecule has 0 spiro atoms. The Balaban J connectivity index is 1.93. The maximum Gasteiger partial charge on any atom is 0.274 e. The van der Waals surface area contributed by atoms with E-state index in [0.717, 1.165) is 12.8 Å². The van der Waals surface area contributed by atoms with Crippen molar-refractivity contribution in [1.29, 1.82) is 0 Å². The number of hydrogen-bond donors (Lipinski definition) is 2. The third-order valence-corrected chi connectivity index (χ3v) is 3.31. The monoisotopic (exact) mass is 176 g/mol. The molecule has 2 rings (SSSR count). The summed E-state index contributed by atoms with van der Waals surface area (Å²) in [6.07, 6.45) is 3.58. The van der Waals surface area contributed by atoms with E-state index in [-0.39, 0.29) is 6.04 Å². The van der Waals surface area contributed by atoms with Gasteiger partial charge >= 0.3 is 0 Å². The third-order valence-electron chi connectivity index (χ3n) is 2.71. The van der Waals surface area contributed by atoms with Gasteiger partial charge in [-0.2, -0.15) is 13.1 Å². The molecule has 0 saturated heterocycles. The van der Waals surface area contributed by atoms with Crippen LogP contribution in [0.15, 0.2) is 0 Å². The molecule has 2 fully saturated rings. The standard InChI is InChI=1S/C6H12N2O2S/c7-11(9,10)8-6-4-2-1-3-5(4)6/h4-6,8H,1-3H2,(H2,7,9,10)/t4-,5+,6?. The molecule has 0 aromatic carbocycles. The van der Waals surface area contributed by atoms with Crippen LogP contribution in [0.4, 0.5) is 0 Å². The number of rotatable bonds is 2. The highest BCUT2D eigenvalue weighted by Crippen LogP contribution is 2.51. The van der Waals surface area contributed by atoms with Gasteiger partial charge in [0.15, 0.2) is 0 Å².